The van der Waals surface area contributed by atoms with E-state index in [-0.39, 0.29) is 6.42 Å². The third-order valence-corrected chi connectivity index (χ3v) is 2.71. The van der Waals surface area contributed by atoms with Gasteiger partial charge in [0.2, 0.25) is 0 Å². The van der Waals surface area contributed by atoms with E-state index in [2.05, 4.69) is 4.98 Å². The predicted octanol–water partition coefficient (Wildman–Crippen LogP) is 1.24. The van der Waals surface area contributed by atoms with Gasteiger partial charge in [-0.15, -0.1) is 0 Å². The first kappa shape index (κ1) is 12.4. The lowest BCUT2D eigenvalue weighted by Gasteiger charge is -2.06. The summed E-state index contributed by atoms with van der Waals surface area (Å²) < 4.78 is 6.91. The summed E-state index contributed by atoms with van der Waals surface area (Å²) in [5.41, 5.74) is 7.97. The molecule has 18 heavy (non-hydrogen) atoms. The Morgan fingerprint density at radius 1 is 1.56 bits per heavy atom. The van der Waals surface area contributed by atoms with Crippen LogP contribution in [0, 0.1) is 0 Å². The minimum atomic E-state index is -0.843. The highest BCUT2D eigenvalue weighted by atomic mass is 16.5. The van der Waals surface area contributed by atoms with Crippen molar-refractivity contribution < 1.29 is 14.6 Å². The number of carbonyl (C=O) groups is 1. The van der Waals surface area contributed by atoms with Crippen molar-refractivity contribution in [2.75, 3.05) is 12.8 Å². The van der Waals surface area contributed by atoms with Crippen LogP contribution >= 0.6 is 0 Å². The number of aliphatic carboxylic acids is 1. The lowest BCUT2D eigenvalue weighted by Crippen LogP contribution is -2.08. The average Bonchev–Trinajstić information content (AvgIpc) is 2.66. The number of methoxy groups -OCH3 is 1. The van der Waals surface area contributed by atoms with Gasteiger partial charge >= 0.3 is 5.97 Å². The predicted molar refractivity (Wildman–Crippen MR) is 67.1 cm³/mol. The zero-order chi connectivity index (χ0) is 13.1. The summed E-state index contributed by atoms with van der Waals surface area (Å²) in [6.45, 7) is 0.682. The number of fused-ring (bicyclic) bond motifs is 1. The number of imidazole rings is 1. The van der Waals surface area contributed by atoms with Crippen molar-refractivity contribution in [2.24, 2.45) is 0 Å². The molecule has 2 aromatic rings. The molecule has 3 N–H and O–H groups in total. The average molecular weight is 249 g/mol. The second kappa shape index (κ2) is 5.05. The number of para-hydroxylation sites is 1. The van der Waals surface area contributed by atoms with Crippen LogP contribution in [0.5, 0.6) is 0 Å². The number of carboxylic acids is 1. The van der Waals surface area contributed by atoms with Crippen LogP contribution in [0.2, 0.25) is 0 Å². The molecule has 0 aliphatic carbocycles. The quantitative estimate of drug-likeness (QED) is 0.778. The van der Waals surface area contributed by atoms with Gasteiger partial charge in [0, 0.05) is 13.7 Å². The maximum Gasteiger partial charge on any atom is 0.305 e. The number of nitrogens with zero attached hydrogens (tertiary/aromatic N) is 2. The van der Waals surface area contributed by atoms with E-state index >= 15 is 0 Å². The fraction of sp³-hybridized carbons (Fsp3) is 0.333. The minimum Gasteiger partial charge on any atom is -0.481 e. The van der Waals surface area contributed by atoms with Crippen LogP contribution in [0.25, 0.3) is 11.0 Å². The highest BCUT2D eigenvalue weighted by Crippen LogP contribution is 2.22. The molecule has 1 heterocycles. The zero-order valence-corrected chi connectivity index (χ0v) is 10.1. The summed E-state index contributed by atoms with van der Waals surface area (Å²) in [5, 5.41) is 8.77. The summed E-state index contributed by atoms with van der Waals surface area (Å²) in [4.78, 5) is 15.1. The second-order valence-corrected chi connectivity index (χ2v) is 3.97. The number of hydrogen-bond acceptors (Lipinski definition) is 4. The Balaban J connectivity index is 2.48. The van der Waals surface area contributed by atoms with Crippen molar-refractivity contribution in [2.45, 2.75) is 19.6 Å². The molecule has 6 nitrogen and oxygen atoms in total. The normalized spacial score (nSPS) is 10.9. The van der Waals surface area contributed by atoms with Crippen LogP contribution in [0.1, 0.15) is 12.2 Å². The Labute approximate surface area is 104 Å². The molecule has 2 rings (SSSR count). The third kappa shape index (κ3) is 2.28. The number of nitrogen functional groups attached to an aromatic ring is 1. The number of hydrogen-bond donors (Lipinski definition) is 2. The van der Waals surface area contributed by atoms with Gasteiger partial charge in [-0.3, -0.25) is 4.79 Å². The topological polar surface area (TPSA) is 90.4 Å². The Kier molecular flexibility index (Phi) is 3.47. The third-order valence-electron chi connectivity index (χ3n) is 2.71. The van der Waals surface area contributed by atoms with Gasteiger partial charge in [0.25, 0.3) is 0 Å². The Morgan fingerprint density at radius 3 is 3.00 bits per heavy atom. The lowest BCUT2D eigenvalue weighted by molar-refractivity contribution is -0.137. The van der Waals surface area contributed by atoms with Crippen molar-refractivity contribution in [3.63, 3.8) is 0 Å². The molecular weight excluding hydrogens is 234 g/mol. The first-order chi connectivity index (χ1) is 8.63. The first-order valence-corrected chi connectivity index (χ1v) is 5.58. The summed E-state index contributed by atoms with van der Waals surface area (Å²) in [6.07, 6.45) is 0.0387. The van der Waals surface area contributed by atoms with Crippen LogP contribution in [-0.4, -0.2) is 27.7 Å². The summed E-state index contributed by atoms with van der Waals surface area (Å²) >= 11 is 0. The van der Waals surface area contributed by atoms with Gasteiger partial charge in [-0.1, -0.05) is 6.07 Å². The van der Waals surface area contributed by atoms with Crippen LogP contribution < -0.4 is 5.73 Å². The standard InChI is InChI=1S/C12H15N3O3/c1-18-7-10-14-12-8(13)3-2-4-9(12)15(10)6-5-11(16)17/h2-4H,5-7,13H2,1H3,(H,16,17). The smallest absolute Gasteiger partial charge is 0.305 e. The van der Waals surface area contributed by atoms with Gasteiger partial charge in [0.15, 0.2) is 0 Å². The number of aromatic nitrogens is 2. The van der Waals surface area contributed by atoms with E-state index in [0.29, 0.717) is 30.2 Å². The molecule has 0 saturated heterocycles. The van der Waals surface area contributed by atoms with Crippen LogP contribution in [0.3, 0.4) is 0 Å². The number of ether oxygens (including phenoxy) is 1. The molecule has 0 aliphatic heterocycles. The number of carboxylic acid groups (broad SMARTS) is 1. The van der Waals surface area contributed by atoms with Crippen LogP contribution in [-0.2, 0) is 22.7 Å². The maximum atomic E-state index is 10.7. The van der Waals surface area contributed by atoms with E-state index in [0.717, 1.165) is 5.52 Å². The molecule has 1 aromatic carbocycles. The van der Waals surface area contributed by atoms with Gasteiger partial charge in [0.1, 0.15) is 17.9 Å². The number of nitrogens with two attached hydrogens (primary N) is 1. The monoisotopic (exact) mass is 249 g/mol. The number of rotatable bonds is 5. The van der Waals surface area contributed by atoms with Crippen molar-refractivity contribution in [1.82, 2.24) is 9.55 Å². The van der Waals surface area contributed by atoms with E-state index in [1.165, 1.54) is 0 Å². The van der Waals surface area contributed by atoms with Crippen molar-refractivity contribution >= 4 is 22.7 Å². The van der Waals surface area contributed by atoms with E-state index in [1.807, 2.05) is 16.7 Å². The summed E-state index contributed by atoms with van der Waals surface area (Å²) in [5.74, 6) is -0.157. The molecule has 0 bridgehead atoms. The molecule has 96 valence electrons. The fourth-order valence-corrected chi connectivity index (χ4v) is 1.91. The molecule has 0 radical (unpaired) electrons. The second-order valence-electron chi connectivity index (χ2n) is 3.97. The Hall–Kier alpha value is -2.08. The van der Waals surface area contributed by atoms with E-state index < -0.39 is 5.97 Å². The van der Waals surface area contributed by atoms with Crippen molar-refractivity contribution in [3.05, 3.63) is 24.0 Å². The van der Waals surface area contributed by atoms with Gasteiger partial charge in [-0.2, -0.15) is 0 Å². The van der Waals surface area contributed by atoms with Gasteiger partial charge in [0.05, 0.1) is 17.6 Å². The molecule has 0 amide bonds. The number of aryl methyl sites for hydroxylation is 1. The molecule has 0 spiro atoms. The minimum absolute atomic E-state index is 0.0387. The number of benzene rings is 1. The van der Waals surface area contributed by atoms with Crippen LogP contribution in [0.4, 0.5) is 5.69 Å². The van der Waals surface area contributed by atoms with E-state index in [1.54, 1.807) is 13.2 Å². The highest BCUT2D eigenvalue weighted by molar-refractivity contribution is 5.87. The summed E-state index contributed by atoms with van der Waals surface area (Å²) in [7, 11) is 1.57. The molecular formula is C12H15N3O3. The molecule has 0 fully saturated rings. The fourth-order valence-electron chi connectivity index (χ4n) is 1.91. The van der Waals surface area contributed by atoms with Gasteiger partial charge in [-0.05, 0) is 12.1 Å². The van der Waals surface area contributed by atoms with E-state index in [9.17, 15) is 4.79 Å². The number of anilines is 1. The highest BCUT2D eigenvalue weighted by Gasteiger charge is 2.13. The molecule has 6 heteroatoms. The Morgan fingerprint density at radius 2 is 2.33 bits per heavy atom. The summed E-state index contributed by atoms with van der Waals surface area (Å²) in [6, 6.07) is 5.47. The maximum absolute atomic E-state index is 10.7. The molecule has 1 aromatic heterocycles. The molecule has 0 atom stereocenters. The van der Waals surface area contributed by atoms with Gasteiger partial charge < -0.3 is 20.1 Å². The van der Waals surface area contributed by atoms with Crippen molar-refractivity contribution in [3.8, 4) is 0 Å². The first-order valence-electron chi connectivity index (χ1n) is 5.58. The molecule has 0 aliphatic rings. The molecule has 0 saturated carbocycles. The van der Waals surface area contributed by atoms with Crippen LogP contribution in [0.15, 0.2) is 18.2 Å². The van der Waals surface area contributed by atoms with Gasteiger partial charge in [-0.25, -0.2) is 4.98 Å². The SMILES string of the molecule is COCc1nc2c(N)cccc2n1CCC(=O)O. The van der Waals surface area contributed by atoms with Crippen molar-refractivity contribution in [1.29, 1.82) is 0 Å². The zero-order valence-electron chi connectivity index (χ0n) is 10.1. The lowest BCUT2D eigenvalue weighted by atomic mass is 10.2. The largest absolute Gasteiger partial charge is 0.481 e. The molecule has 0 unspecified atom stereocenters. The van der Waals surface area contributed by atoms with E-state index in [4.69, 9.17) is 15.6 Å². The Bertz CT molecular complexity index is 577.